The van der Waals surface area contributed by atoms with Crippen LogP contribution in [-0.4, -0.2) is 136 Å². The van der Waals surface area contributed by atoms with Crippen molar-refractivity contribution in [1.29, 1.82) is 0 Å². The van der Waals surface area contributed by atoms with Gasteiger partial charge < -0.3 is 19.6 Å². The first kappa shape index (κ1) is 51.1. The maximum atomic E-state index is 16.4. The Balaban J connectivity index is 0.751. The summed E-state index contributed by atoms with van der Waals surface area (Å²) in [5.41, 5.74) is 1.03. The molecule has 15 heteroatoms. The number of fused-ring (bicyclic) bond motifs is 1. The predicted octanol–water partition coefficient (Wildman–Crippen LogP) is 8.00. The number of amides is 4. The molecular formula is C57H71F2N7O6. The number of carbonyl (C=O) groups excluding carboxylic acids is 5. The van der Waals surface area contributed by atoms with Crippen LogP contribution >= 0.6 is 0 Å². The Morgan fingerprint density at radius 2 is 1.40 bits per heavy atom. The molecule has 4 amide bonds. The normalized spacial score (nSPS) is 20.7. The van der Waals surface area contributed by atoms with E-state index in [1.54, 1.807) is 52.3 Å². The maximum Gasteiger partial charge on any atom is 0.272 e. The molecule has 5 aliphatic rings. The van der Waals surface area contributed by atoms with E-state index in [2.05, 4.69) is 15.1 Å². The topological polar surface area (TPSA) is 147 Å². The molecular weight excluding hydrogens is 917 g/mol. The Morgan fingerprint density at radius 3 is 2.11 bits per heavy atom. The summed E-state index contributed by atoms with van der Waals surface area (Å²) in [5, 5.41) is 7.97. The first-order chi connectivity index (χ1) is 34.6. The molecule has 3 aromatic carbocycles. The van der Waals surface area contributed by atoms with Gasteiger partial charge >= 0.3 is 0 Å². The highest BCUT2D eigenvalue weighted by atomic mass is 19.1. The van der Waals surface area contributed by atoms with Gasteiger partial charge in [-0.1, -0.05) is 76.4 Å². The molecule has 72 heavy (non-hydrogen) atoms. The van der Waals surface area contributed by atoms with Crippen molar-refractivity contribution in [3.63, 3.8) is 0 Å². The molecule has 5 heterocycles. The molecule has 1 aromatic heterocycles. The van der Waals surface area contributed by atoms with Crippen molar-refractivity contribution in [1.82, 2.24) is 34.7 Å². The number of aromatic amines is 1. The Morgan fingerprint density at radius 1 is 0.722 bits per heavy atom. The molecule has 4 aromatic rings. The van der Waals surface area contributed by atoms with Crippen LogP contribution in [0.5, 0.6) is 0 Å². The molecule has 4 saturated heterocycles. The Bertz CT molecular complexity index is 2720. The third kappa shape index (κ3) is 11.2. The summed E-state index contributed by atoms with van der Waals surface area (Å²) in [6.45, 7) is 11.1. The zero-order valence-corrected chi connectivity index (χ0v) is 42.4. The SMILES string of the molecule is CC(C)(C)C(=O)N1CCCC(c2cccc(C(=O)C[C@@H](C(=O)N3CCC4(CCN(CC(=O)N5CCN(C(=O)c6cc(Cc7n[nH]c(=O)c8ccccc78)ccc6F)CC5)CC4)CC3)C3CCCCC3)c2F)C1. The Hall–Kier alpha value is -5.83. The number of ketones is 1. The minimum atomic E-state index is -0.618. The van der Waals surface area contributed by atoms with Gasteiger partial charge in [-0.25, -0.2) is 13.9 Å². The number of hydrogen-bond donors (Lipinski definition) is 1. The number of carbonyl (C=O) groups is 5. The van der Waals surface area contributed by atoms with Gasteiger partial charge in [0.05, 0.1) is 28.8 Å². The van der Waals surface area contributed by atoms with Crippen LogP contribution in [0.2, 0.25) is 0 Å². The van der Waals surface area contributed by atoms with Crippen LogP contribution in [0.1, 0.15) is 141 Å². The van der Waals surface area contributed by atoms with E-state index in [0.29, 0.717) is 86.4 Å². The van der Waals surface area contributed by atoms with Crippen molar-refractivity contribution in [2.45, 2.75) is 110 Å². The predicted molar refractivity (Wildman–Crippen MR) is 271 cm³/mol. The molecule has 1 unspecified atom stereocenters. The number of halogens is 2. The van der Waals surface area contributed by atoms with Gasteiger partial charge in [0.2, 0.25) is 17.7 Å². The molecule has 2 atom stereocenters. The number of hydrogen-bond acceptors (Lipinski definition) is 8. The van der Waals surface area contributed by atoms with Crippen LogP contribution in [0.4, 0.5) is 8.78 Å². The van der Waals surface area contributed by atoms with Gasteiger partial charge in [-0.15, -0.1) is 0 Å². The summed E-state index contributed by atoms with van der Waals surface area (Å²) >= 11 is 0. The van der Waals surface area contributed by atoms with Crippen molar-refractivity contribution in [3.8, 4) is 0 Å². The van der Waals surface area contributed by atoms with E-state index in [-0.39, 0.29) is 70.4 Å². The fourth-order valence-electron chi connectivity index (χ4n) is 12.4. The lowest BCUT2D eigenvalue weighted by Crippen LogP contribution is -2.54. The van der Waals surface area contributed by atoms with Crippen LogP contribution in [-0.2, 0) is 20.8 Å². The number of H-pyrrole nitrogens is 1. The van der Waals surface area contributed by atoms with E-state index in [4.69, 9.17) is 0 Å². The number of piperidine rings is 3. The molecule has 1 saturated carbocycles. The van der Waals surface area contributed by atoms with E-state index in [1.807, 2.05) is 42.7 Å². The molecule has 0 bridgehead atoms. The van der Waals surface area contributed by atoms with Crippen molar-refractivity contribution >= 4 is 40.2 Å². The van der Waals surface area contributed by atoms with Crippen LogP contribution in [0, 0.1) is 34.3 Å². The van der Waals surface area contributed by atoms with Crippen LogP contribution < -0.4 is 5.56 Å². The van der Waals surface area contributed by atoms with Crippen molar-refractivity contribution < 1.29 is 32.8 Å². The zero-order valence-electron chi connectivity index (χ0n) is 42.4. The summed E-state index contributed by atoms with van der Waals surface area (Å²) in [6.07, 6.45) is 10.3. The minimum Gasteiger partial charge on any atom is -0.342 e. The molecule has 9 rings (SSSR count). The largest absolute Gasteiger partial charge is 0.342 e. The van der Waals surface area contributed by atoms with Crippen molar-refractivity contribution in [3.05, 3.63) is 111 Å². The summed E-state index contributed by atoms with van der Waals surface area (Å²) in [4.78, 5) is 90.8. The molecule has 13 nitrogen and oxygen atoms in total. The van der Waals surface area contributed by atoms with Crippen LogP contribution in [0.3, 0.4) is 0 Å². The van der Waals surface area contributed by atoms with E-state index >= 15 is 8.78 Å². The minimum absolute atomic E-state index is 0.00963. The second kappa shape index (κ2) is 21.7. The highest BCUT2D eigenvalue weighted by Gasteiger charge is 2.42. The fraction of sp³-hybridized carbons (Fsp3) is 0.561. The van der Waals surface area contributed by atoms with Gasteiger partial charge in [0.1, 0.15) is 11.6 Å². The molecule has 0 radical (unpaired) electrons. The molecule has 5 fully saturated rings. The highest BCUT2D eigenvalue weighted by molar-refractivity contribution is 5.99. The summed E-state index contributed by atoms with van der Waals surface area (Å²) in [7, 11) is 0. The van der Waals surface area contributed by atoms with E-state index < -0.39 is 28.9 Å². The third-order valence-corrected chi connectivity index (χ3v) is 16.8. The lowest BCUT2D eigenvalue weighted by molar-refractivity contribution is -0.141. The molecule has 4 aliphatic heterocycles. The average Bonchev–Trinajstić information content (AvgIpc) is 3.39. The molecule has 1 aliphatic carbocycles. The number of nitrogens with zero attached hydrogens (tertiary/aromatic N) is 6. The quantitative estimate of drug-likeness (QED) is 0.149. The van der Waals surface area contributed by atoms with E-state index in [0.717, 1.165) is 83.7 Å². The first-order valence-electron chi connectivity index (χ1n) is 26.5. The number of aromatic nitrogens is 2. The second-order valence-corrected chi connectivity index (χ2v) is 22.5. The summed E-state index contributed by atoms with van der Waals surface area (Å²) < 4.78 is 31.6. The first-order valence-corrected chi connectivity index (χ1v) is 26.5. The van der Waals surface area contributed by atoms with Gasteiger partial charge in [0.25, 0.3) is 11.5 Å². The highest BCUT2D eigenvalue weighted by Crippen LogP contribution is 2.43. The van der Waals surface area contributed by atoms with Gasteiger partial charge in [0, 0.05) is 87.8 Å². The van der Waals surface area contributed by atoms with Gasteiger partial charge in [-0.2, -0.15) is 5.10 Å². The smallest absolute Gasteiger partial charge is 0.272 e. The van der Waals surface area contributed by atoms with Gasteiger partial charge in [-0.3, -0.25) is 33.7 Å². The monoisotopic (exact) mass is 988 g/mol. The van der Waals surface area contributed by atoms with E-state index in [9.17, 15) is 28.8 Å². The summed E-state index contributed by atoms with van der Waals surface area (Å²) in [5.74, 6) is -2.43. The van der Waals surface area contributed by atoms with Gasteiger partial charge in [-0.05, 0) is 111 Å². The maximum absolute atomic E-state index is 16.4. The zero-order chi connectivity index (χ0) is 50.7. The lowest BCUT2D eigenvalue weighted by atomic mass is 9.70. The molecule has 1 spiro atoms. The standard InChI is InChI=1S/C57H71F2N7O6/c1-56(2,3)55(72)66-24-10-13-40(36-66)41-16-9-17-44(51(41)59)49(67)35-45(39-11-5-4-6-12-39)53(70)64-27-22-57(23-28-64)20-25-62(26-21-57)37-50(68)63-29-31-65(32-30-63)54(71)46-33-38(18-19-47(46)58)34-48-42-14-7-8-15-43(42)52(69)61-60-48/h7-9,14-19,33,39-40,45H,4-6,10-13,20-32,34-37H2,1-3H3,(H,61,69)/t40?,45-/m1/s1. The molecule has 384 valence electrons. The summed E-state index contributed by atoms with van der Waals surface area (Å²) in [6, 6.07) is 16.7. The Labute approximate surface area is 421 Å². The Kier molecular flexibility index (Phi) is 15.4. The lowest BCUT2D eigenvalue weighted by Gasteiger charge is -2.47. The number of benzene rings is 3. The second-order valence-electron chi connectivity index (χ2n) is 22.5. The van der Waals surface area contributed by atoms with Crippen LogP contribution in [0.15, 0.2) is 65.5 Å². The van der Waals surface area contributed by atoms with Crippen LogP contribution in [0.25, 0.3) is 10.8 Å². The van der Waals surface area contributed by atoms with Crippen molar-refractivity contribution in [2.24, 2.45) is 22.7 Å². The van der Waals surface area contributed by atoms with E-state index in [1.165, 1.54) is 6.07 Å². The number of piperazine rings is 1. The fourth-order valence-corrected chi connectivity index (χ4v) is 12.4. The number of likely N-dealkylation sites (tertiary alicyclic amines) is 3. The number of rotatable bonds is 11. The molecule has 1 N–H and O–H groups in total. The number of nitrogens with one attached hydrogen (secondary N) is 1. The number of Topliss-reactive ketones (excluding diaryl/α,β-unsaturated/α-hetero) is 1. The third-order valence-electron chi connectivity index (χ3n) is 16.8. The van der Waals surface area contributed by atoms with Crippen molar-refractivity contribution in [2.75, 3.05) is 72.0 Å². The van der Waals surface area contributed by atoms with Gasteiger partial charge in [0.15, 0.2) is 5.78 Å². The average molecular weight is 988 g/mol.